The summed E-state index contributed by atoms with van der Waals surface area (Å²) in [7, 11) is -2.31. The van der Waals surface area contributed by atoms with E-state index in [9.17, 15) is 13.2 Å². The number of amides is 1. The van der Waals surface area contributed by atoms with Gasteiger partial charge in [-0.1, -0.05) is 23.2 Å². The Labute approximate surface area is 156 Å². The molecule has 1 atom stereocenters. The smallest absolute Gasteiger partial charge is 0.261 e. The average Bonchev–Trinajstić information content (AvgIpc) is 2.53. The number of likely N-dealkylation sites (N-methyl/N-ethyl adjacent to an activating group) is 1. The Hall–Kier alpha value is -1.96. The van der Waals surface area contributed by atoms with Crippen LogP contribution in [0.4, 0.5) is 5.69 Å². The Bertz CT molecular complexity index is 850. The molecule has 0 aliphatic rings. The van der Waals surface area contributed by atoms with Crippen molar-refractivity contribution >= 4 is 44.8 Å². The standard InChI is InChI=1S/C16H16Cl2N2O4S/c1-10(16(21)19-2)24-14-3-5-15(6-4-14)25(22,23)20-13-8-11(17)7-12(18)9-13/h3-10,20H,1-2H3,(H,19,21)/t10-/m1/s1. The first-order chi connectivity index (χ1) is 11.7. The third-order valence-electron chi connectivity index (χ3n) is 3.18. The van der Waals surface area contributed by atoms with E-state index in [-0.39, 0.29) is 16.5 Å². The predicted octanol–water partition coefficient (Wildman–Crippen LogP) is 3.31. The molecule has 0 heterocycles. The fourth-order valence-electron chi connectivity index (χ4n) is 1.99. The third-order valence-corrected chi connectivity index (χ3v) is 5.01. The van der Waals surface area contributed by atoms with E-state index in [0.717, 1.165) is 0 Å². The van der Waals surface area contributed by atoms with Gasteiger partial charge in [-0.3, -0.25) is 9.52 Å². The number of nitrogens with one attached hydrogen (secondary N) is 2. The van der Waals surface area contributed by atoms with Crippen molar-refractivity contribution in [2.45, 2.75) is 17.9 Å². The van der Waals surface area contributed by atoms with Crippen molar-refractivity contribution in [3.8, 4) is 5.75 Å². The van der Waals surface area contributed by atoms with Crippen LogP contribution in [0.15, 0.2) is 47.4 Å². The summed E-state index contributed by atoms with van der Waals surface area (Å²) in [4.78, 5) is 11.5. The van der Waals surface area contributed by atoms with E-state index < -0.39 is 16.1 Å². The number of carbonyl (C=O) groups excluding carboxylic acids is 1. The van der Waals surface area contributed by atoms with Crippen molar-refractivity contribution in [1.29, 1.82) is 0 Å². The zero-order chi connectivity index (χ0) is 18.6. The number of rotatable bonds is 6. The number of ether oxygens (including phenoxy) is 1. The Balaban J connectivity index is 2.16. The Kier molecular flexibility index (Phi) is 6.16. The lowest BCUT2D eigenvalue weighted by Gasteiger charge is -2.14. The molecule has 134 valence electrons. The molecule has 2 rings (SSSR count). The van der Waals surface area contributed by atoms with E-state index in [1.54, 1.807) is 6.92 Å². The van der Waals surface area contributed by atoms with Gasteiger partial charge >= 0.3 is 0 Å². The molecule has 0 spiro atoms. The quantitative estimate of drug-likeness (QED) is 0.775. The number of halogens is 2. The topological polar surface area (TPSA) is 84.5 Å². The molecule has 2 aromatic rings. The average molecular weight is 403 g/mol. The van der Waals surface area contributed by atoms with Crippen molar-refractivity contribution < 1.29 is 17.9 Å². The first-order valence-corrected chi connectivity index (χ1v) is 9.42. The SMILES string of the molecule is CNC(=O)[C@@H](C)Oc1ccc(S(=O)(=O)Nc2cc(Cl)cc(Cl)c2)cc1. The minimum atomic E-state index is -3.82. The highest BCUT2D eigenvalue weighted by molar-refractivity contribution is 7.92. The maximum Gasteiger partial charge on any atom is 0.261 e. The third kappa shape index (κ3) is 5.26. The summed E-state index contributed by atoms with van der Waals surface area (Å²) in [6.45, 7) is 1.59. The molecule has 0 fully saturated rings. The summed E-state index contributed by atoms with van der Waals surface area (Å²) < 4.78 is 32.6. The van der Waals surface area contributed by atoms with Crippen LogP contribution in [-0.4, -0.2) is 27.5 Å². The first-order valence-electron chi connectivity index (χ1n) is 7.18. The van der Waals surface area contributed by atoms with E-state index in [1.807, 2.05) is 0 Å². The van der Waals surface area contributed by atoms with Gasteiger partial charge in [0.1, 0.15) is 5.75 Å². The van der Waals surface area contributed by atoms with Crippen molar-refractivity contribution in [1.82, 2.24) is 5.32 Å². The molecule has 0 aliphatic heterocycles. The molecule has 2 N–H and O–H groups in total. The van der Waals surface area contributed by atoms with Gasteiger partial charge in [-0.05, 0) is 49.4 Å². The molecule has 9 heteroatoms. The molecule has 25 heavy (non-hydrogen) atoms. The van der Waals surface area contributed by atoms with Crippen LogP contribution in [-0.2, 0) is 14.8 Å². The van der Waals surface area contributed by atoms with Crippen LogP contribution in [0.5, 0.6) is 5.75 Å². The van der Waals surface area contributed by atoms with Gasteiger partial charge in [-0.15, -0.1) is 0 Å². The molecule has 1 amide bonds. The Morgan fingerprint density at radius 3 is 2.16 bits per heavy atom. The van der Waals surface area contributed by atoms with Gasteiger partial charge in [0.15, 0.2) is 6.10 Å². The minimum Gasteiger partial charge on any atom is -0.481 e. The lowest BCUT2D eigenvalue weighted by molar-refractivity contribution is -0.126. The molecule has 0 saturated carbocycles. The fourth-order valence-corrected chi connectivity index (χ4v) is 3.55. The molecule has 2 aromatic carbocycles. The second-order valence-corrected chi connectivity index (χ2v) is 7.66. The van der Waals surface area contributed by atoms with Crippen LogP contribution >= 0.6 is 23.2 Å². The van der Waals surface area contributed by atoms with Crippen LogP contribution < -0.4 is 14.8 Å². The highest BCUT2D eigenvalue weighted by Gasteiger charge is 2.16. The summed E-state index contributed by atoms with van der Waals surface area (Å²) in [6.07, 6.45) is -0.695. The van der Waals surface area contributed by atoms with E-state index in [1.165, 1.54) is 49.5 Å². The van der Waals surface area contributed by atoms with E-state index >= 15 is 0 Å². The summed E-state index contributed by atoms with van der Waals surface area (Å²) in [5, 5.41) is 3.10. The van der Waals surface area contributed by atoms with Gasteiger partial charge in [-0.2, -0.15) is 0 Å². The summed E-state index contributed by atoms with van der Waals surface area (Å²) in [5.74, 6) is 0.0945. The van der Waals surface area contributed by atoms with Crippen LogP contribution in [0.1, 0.15) is 6.92 Å². The number of anilines is 1. The second-order valence-electron chi connectivity index (χ2n) is 5.11. The Morgan fingerprint density at radius 1 is 1.08 bits per heavy atom. The van der Waals surface area contributed by atoms with Crippen molar-refractivity contribution in [3.63, 3.8) is 0 Å². The molecule has 6 nitrogen and oxygen atoms in total. The van der Waals surface area contributed by atoms with Crippen molar-refractivity contribution in [2.24, 2.45) is 0 Å². The zero-order valence-electron chi connectivity index (χ0n) is 13.4. The molecule has 0 bridgehead atoms. The van der Waals surface area contributed by atoms with Gasteiger partial charge in [0.2, 0.25) is 0 Å². The first kappa shape index (κ1) is 19.4. The van der Waals surface area contributed by atoms with E-state index in [4.69, 9.17) is 27.9 Å². The monoisotopic (exact) mass is 402 g/mol. The predicted molar refractivity (Wildman–Crippen MR) is 97.9 cm³/mol. The number of benzene rings is 2. The highest BCUT2D eigenvalue weighted by atomic mass is 35.5. The van der Waals surface area contributed by atoms with Gasteiger partial charge in [0, 0.05) is 17.1 Å². The highest BCUT2D eigenvalue weighted by Crippen LogP contribution is 2.25. The van der Waals surface area contributed by atoms with E-state index in [0.29, 0.717) is 15.8 Å². The van der Waals surface area contributed by atoms with Crippen molar-refractivity contribution in [3.05, 3.63) is 52.5 Å². The maximum atomic E-state index is 12.4. The molecule has 0 aliphatic carbocycles. The van der Waals surface area contributed by atoms with Crippen molar-refractivity contribution in [2.75, 3.05) is 11.8 Å². The fraction of sp³-hybridized carbons (Fsp3) is 0.188. The van der Waals surface area contributed by atoms with Gasteiger partial charge in [-0.25, -0.2) is 8.42 Å². The molecule has 0 unspecified atom stereocenters. The molecule has 0 saturated heterocycles. The van der Waals surface area contributed by atoms with Gasteiger partial charge in [0.25, 0.3) is 15.9 Å². The number of sulfonamides is 1. The summed E-state index contributed by atoms with van der Waals surface area (Å²) in [5.41, 5.74) is 0.256. The largest absolute Gasteiger partial charge is 0.481 e. The molecular formula is C16H16Cl2N2O4S. The van der Waals surface area contributed by atoms with E-state index in [2.05, 4.69) is 10.0 Å². The second kappa shape index (κ2) is 7.95. The molecule has 0 aromatic heterocycles. The van der Waals surface area contributed by atoms with Crippen LogP contribution in [0, 0.1) is 0 Å². The van der Waals surface area contributed by atoms with Crippen LogP contribution in [0.3, 0.4) is 0 Å². The number of hydrogen-bond donors (Lipinski definition) is 2. The normalized spacial score (nSPS) is 12.3. The maximum absolute atomic E-state index is 12.4. The van der Waals surface area contributed by atoms with Crippen LogP contribution in [0.2, 0.25) is 10.0 Å². The lowest BCUT2D eigenvalue weighted by Crippen LogP contribution is -2.33. The Morgan fingerprint density at radius 2 is 1.64 bits per heavy atom. The van der Waals surface area contributed by atoms with Gasteiger partial charge < -0.3 is 10.1 Å². The molecular weight excluding hydrogens is 387 g/mol. The van der Waals surface area contributed by atoms with Gasteiger partial charge in [0.05, 0.1) is 10.6 Å². The minimum absolute atomic E-state index is 0.0311. The summed E-state index contributed by atoms with van der Waals surface area (Å²) in [6, 6.07) is 10.1. The number of hydrogen-bond acceptors (Lipinski definition) is 4. The van der Waals surface area contributed by atoms with Crippen LogP contribution in [0.25, 0.3) is 0 Å². The number of carbonyl (C=O) groups is 1. The molecule has 0 radical (unpaired) electrons. The zero-order valence-corrected chi connectivity index (χ0v) is 15.7. The summed E-state index contributed by atoms with van der Waals surface area (Å²) >= 11 is 11.7. The lowest BCUT2D eigenvalue weighted by atomic mass is 10.3.